The molecule has 18 heavy (non-hydrogen) atoms. The Bertz CT molecular complexity index is 433. The lowest BCUT2D eigenvalue weighted by Crippen LogP contribution is -2.51. The van der Waals surface area contributed by atoms with Gasteiger partial charge in [0.05, 0.1) is 5.92 Å². The van der Waals surface area contributed by atoms with E-state index < -0.39 is 6.17 Å². The Labute approximate surface area is 107 Å². The van der Waals surface area contributed by atoms with Gasteiger partial charge in [0.2, 0.25) is 5.91 Å². The third-order valence-corrected chi connectivity index (χ3v) is 4.30. The van der Waals surface area contributed by atoms with Gasteiger partial charge in [0, 0.05) is 6.04 Å². The van der Waals surface area contributed by atoms with E-state index in [0.717, 1.165) is 18.4 Å². The summed E-state index contributed by atoms with van der Waals surface area (Å²) in [6, 6.07) is 10.0. The van der Waals surface area contributed by atoms with Gasteiger partial charge in [-0.25, -0.2) is 4.39 Å². The molecule has 1 saturated heterocycles. The fourth-order valence-electron chi connectivity index (χ4n) is 3.32. The highest BCUT2D eigenvalue weighted by molar-refractivity contribution is 5.84. The van der Waals surface area contributed by atoms with Gasteiger partial charge in [0.1, 0.15) is 6.17 Å². The van der Waals surface area contributed by atoms with E-state index >= 15 is 0 Å². The van der Waals surface area contributed by atoms with Gasteiger partial charge in [-0.1, -0.05) is 30.3 Å². The number of alkyl halides is 1. The van der Waals surface area contributed by atoms with Gasteiger partial charge in [-0.3, -0.25) is 4.79 Å². The molecular weight excluding hydrogens is 229 g/mol. The molecule has 2 fully saturated rings. The van der Waals surface area contributed by atoms with Crippen LogP contribution in [0.3, 0.4) is 0 Å². The van der Waals surface area contributed by atoms with E-state index in [1.54, 1.807) is 0 Å². The first kappa shape index (κ1) is 11.7. The Morgan fingerprint density at radius 2 is 1.89 bits per heavy atom. The van der Waals surface area contributed by atoms with E-state index in [4.69, 9.17) is 0 Å². The summed E-state index contributed by atoms with van der Waals surface area (Å²) in [7, 11) is 0. The van der Waals surface area contributed by atoms with Gasteiger partial charge in [0.15, 0.2) is 0 Å². The van der Waals surface area contributed by atoms with Crippen molar-refractivity contribution in [1.82, 2.24) is 5.32 Å². The monoisotopic (exact) mass is 247 g/mol. The summed E-state index contributed by atoms with van der Waals surface area (Å²) in [6.45, 7) is 0. The number of benzene rings is 1. The minimum absolute atomic E-state index is 0.0993. The summed E-state index contributed by atoms with van der Waals surface area (Å²) in [4.78, 5) is 12.1. The summed E-state index contributed by atoms with van der Waals surface area (Å²) in [5.41, 5.74) is 1.05. The maximum absolute atomic E-state index is 13.5. The Morgan fingerprint density at radius 1 is 1.11 bits per heavy atom. The fourth-order valence-corrected chi connectivity index (χ4v) is 3.32. The molecule has 0 bridgehead atoms. The van der Waals surface area contributed by atoms with E-state index in [1.807, 2.05) is 30.3 Å². The molecule has 1 aliphatic heterocycles. The second kappa shape index (κ2) is 4.71. The molecule has 2 nitrogen and oxygen atoms in total. The van der Waals surface area contributed by atoms with Crippen LogP contribution in [0, 0.1) is 5.92 Å². The van der Waals surface area contributed by atoms with Crippen molar-refractivity contribution in [1.29, 1.82) is 0 Å². The van der Waals surface area contributed by atoms with E-state index in [0.29, 0.717) is 18.8 Å². The van der Waals surface area contributed by atoms with Crippen molar-refractivity contribution in [2.45, 2.75) is 43.8 Å². The highest BCUT2D eigenvalue weighted by atomic mass is 19.1. The lowest BCUT2D eigenvalue weighted by atomic mass is 9.73. The normalized spacial score (nSPS) is 35.7. The number of amides is 1. The van der Waals surface area contributed by atoms with Gasteiger partial charge < -0.3 is 5.32 Å². The third-order valence-electron chi connectivity index (χ3n) is 4.30. The largest absolute Gasteiger partial charge is 0.353 e. The van der Waals surface area contributed by atoms with Crippen molar-refractivity contribution < 1.29 is 9.18 Å². The van der Waals surface area contributed by atoms with E-state index in [-0.39, 0.29) is 17.9 Å². The zero-order valence-corrected chi connectivity index (χ0v) is 10.3. The number of rotatable bonds is 1. The molecular formula is C15H18FNO. The molecule has 2 aliphatic rings. The lowest BCUT2D eigenvalue weighted by Gasteiger charge is -2.40. The Morgan fingerprint density at radius 3 is 2.67 bits per heavy atom. The maximum Gasteiger partial charge on any atom is 0.227 e. The molecule has 0 aromatic heterocycles. The van der Waals surface area contributed by atoms with Crippen LogP contribution in [0.15, 0.2) is 30.3 Å². The van der Waals surface area contributed by atoms with Crippen LogP contribution in [0.1, 0.15) is 37.2 Å². The summed E-state index contributed by atoms with van der Waals surface area (Å²) < 4.78 is 13.5. The van der Waals surface area contributed by atoms with Gasteiger partial charge in [0.25, 0.3) is 0 Å². The topological polar surface area (TPSA) is 29.1 Å². The van der Waals surface area contributed by atoms with Gasteiger partial charge in [-0.05, 0) is 37.2 Å². The molecule has 3 heteroatoms. The van der Waals surface area contributed by atoms with Gasteiger partial charge >= 0.3 is 0 Å². The minimum atomic E-state index is -0.683. The average molecular weight is 247 g/mol. The van der Waals surface area contributed by atoms with Crippen LogP contribution in [-0.2, 0) is 4.79 Å². The number of hydrogen-bond donors (Lipinski definition) is 1. The number of halogens is 1. The molecule has 1 aromatic carbocycles. The van der Waals surface area contributed by atoms with Gasteiger partial charge in [-0.15, -0.1) is 0 Å². The van der Waals surface area contributed by atoms with E-state index in [2.05, 4.69) is 5.32 Å². The van der Waals surface area contributed by atoms with Crippen LogP contribution in [0.2, 0.25) is 0 Å². The predicted octanol–water partition coefficient (Wildman–Crippen LogP) is 2.80. The zero-order valence-electron chi connectivity index (χ0n) is 10.3. The molecule has 96 valence electrons. The first-order chi connectivity index (χ1) is 8.74. The first-order valence-electron chi connectivity index (χ1n) is 6.73. The van der Waals surface area contributed by atoms with Crippen LogP contribution in [0.4, 0.5) is 4.39 Å². The van der Waals surface area contributed by atoms with Crippen molar-refractivity contribution in [3.05, 3.63) is 35.9 Å². The number of fused-ring (bicyclic) bond motifs is 1. The standard InChI is InChI=1S/C15H18FNO/c16-12-6-7-14-11(8-12)9-13(15(18)17-14)10-4-2-1-3-5-10/h1-5,11-14H,6-9H2,(H,17,18). The number of carbonyl (C=O) groups excluding carboxylic acids is 1. The van der Waals surface area contributed by atoms with E-state index in [1.165, 1.54) is 0 Å². The van der Waals surface area contributed by atoms with Crippen LogP contribution in [0.5, 0.6) is 0 Å². The Balaban J connectivity index is 1.79. The summed E-state index contributed by atoms with van der Waals surface area (Å²) >= 11 is 0. The number of hydrogen-bond acceptors (Lipinski definition) is 1. The third kappa shape index (κ3) is 2.14. The van der Waals surface area contributed by atoms with Gasteiger partial charge in [-0.2, -0.15) is 0 Å². The molecule has 0 radical (unpaired) electrons. The molecule has 1 N–H and O–H groups in total. The minimum Gasteiger partial charge on any atom is -0.353 e. The molecule has 1 heterocycles. The average Bonchev–Trinajstić information content (AvgIpc) is 2.39. The van der Waals surface area contributed by atoms with Crippen LogP contribution >= 0.6 is 0 Å². The lowest BCUT2D eigenvalue weighted by molar-refractivity contribution is -0.127. The molecule has 1 aliphatic carbocycles. The zero-order chi connectivity index (χ0) is 12.5. The van der Waals surface area contributed by atoms with Crippen LogP contribution in [-0.4, -0.2) is 18.1 Å². The summed E-state index contributed by atoms with van der Waals surface area (Å²) in [6.07, 6.45) is 2.10. The Kier molecular flexibility index (Phi) is 3.06. The molecule has 3 rings (SSSR count). The molecule has 1 amide bonds. The quantitative estimate of drug-likeness (QED) is 0.812. The maximum atomic E-state index is 13.5. The molecule has 4 unspecified atom stereocenters. The molecule has 0 spiro atoms. The highest BCUT2D eigenvalue weighted by Crippen LogP contribution is 2.38. The van der Waals surface area contributed by atoms with Crippen molar-refractivity contribution in [2.24, 2.45) is 5.92 Å². The van der Waals surface area contributed by atoms with Crippen molar-refractivity contribution in [3.63, 3.8) is 0 Å². The van der Waals surface area contributed by atoms with Crippen molar-refractivity contribution in [2.75, 3.05) is 0 Å². The molecule has 4 atom stereocenters. The Hall–Kier alpha value is -1.38. The predicted molar refractivity (Wildman–Crippen MR) is 68.0 cm³/mol. The first-order valence-corrected chi connectivity index (χ1v) is 6.73. The second-order valence-electron chi connectivity index (χ2n) is 5.48. The van der Waals surface area contributed by atoms with E-state index in [9.17, 15) is 9.18 Å². The molecule has 1 aromatic rings. The van der Waals surface area contributed by atoms with Crippen molar-refractivity contribution in [3.8, 4) is 0 Å². The fraction of sp³-hybridized carbons (Fsp3) is 0.533. The number of carbonyl (C=O) groups is 1. The second-order valence-corrected chi connectivity index (χ2v) is 5.48. The van der Waals surface area contributed by atoms with Crippen molar-refractivity contribution >= 4 is 5.91 Å². The number of nitrogens with one attached hydrogen (secondary N) is 1. The smallest absolute Gasteiger partial charge is 0.227 e. The summed E-state index contributed by atoms with van der Waals surface area (Å²) in [5, 5.41) is 3.08. The van der Waals surface area contributed by atoms with Crippen LogP contribution in [0.25, 0.3) is 0 Å². The molecule has 1 saturated carbocycles. The SMILES string of the molecule is O=C1NC2CCC(F)CC2CC1c1ccccc1. The highest BCUT2D eigenvalue weighted by Gasteiger charge is 2.39. The summed E-state index contributed by atoms with van der Waals surface area (Å²) in [5.74, 6) is 0.314. The number of piperidine rings is 1. The van der Waals surface area contributed by atoms with Crippen LogP contribution < -0.4 is 5.32 Å².